The molecule has 2 aromatic heterocycles. The predicted molar refractivity (Wildman–Crippen MR) is 142 cm³/mol. The second-order valence-electron chi connectivity index (χ2n) is 10.3. The molecule has 0 atom stereocenters. The summed E-state index contributed by atoms with van der Waals surface area (Å²) in [7, 11) is 2.16. The fourth-order valence-corrected chi connectivity index (χ4v) is 5.00. The van der Waals surface area contributed by atoms with E-state index in [-0.39, 0.29) is 5.78 Å². The summed E-state index contributed by atoms with van der Waals surface area (Å²) in [6.45, 7) is 8.05. The van der Waals surface area contributed by atoms with Crippen LogP contribution in [-0.2, 0) is 0 Å². The van der Waals surface area contributed by atoms with Gasteiger partial charge in [0.2, 0.25) is 5.95 Å². The molecule has 8 nitrogen and oxygen atoms in total. The highest BCUT2D eigenvalue weighted by Crippen LogP contribution is 2.37. The third-order valence-corrected chi connectivity index (χ3v) is 6.97. The summed E-state index contributed by atoms with van der Waals surface area (Å²) in [4.78, 5) is 29.8. The molecule has 0 bridgehead atoms. The van der Waals surface area contributed by atoms with E-state index in [0.717, 1.165) is 54.0 Å². The number of aromatic nitrogens is 3. The lowest BCUT2D eigenvalue weighted by Gasteiger charge is -2.34. The number of nitrogens with one attached hydrogen (secondary N) is 2. The minimum absolute atomic E-state index is 0.113. The van der Waals surface area contributed by atoms with Crippen molar-refractivity contribution in [2.45, 2.75) is 25.9 Å². The summed E-state index contributed by atoms with van der Waals surface area (Å²) >= 11 is 0. The minimum atomic E-state index is -0.506. The number of hydrogen-bond acceptors (Lipinski definition) is 7. The van der Waals surface area contributed by atoms with E-state index in [2.05, 4.69) is 50.3 Å². The van der Waals surface area contributed by atoms with E-state index in [1.807, 2.05) is 50.5 Å². The largest absolute Gasteiger partial charge is 0.487 e. The lowest BCUT2D eigenvalue weighted by Crippen LogP contribution is -2.44. The molecule has 184 valence electrons. The third-order valence-electron chi connectivity index (χ3n) is 6.97. The van der Waals surface area contributed by atoms with Crippen LogP contribution in [0, 0.1) is 0 Å². The van der Waals surface area contributed by atoms with Gasteiger partial charge < -0.3 is 24.8 Å². The van der Waals surface area contributed by atoms with Crippen molar-refractivity contribution in [3.63, 3.8) is 0 Å². The van der Waals surface area contributed by atoms with Gasteiger partial charge in [0.15, 0.2) is 5.78 Å². The van der Waals surface area contributed by atoms with Crippen molar-refractivity contribution >= 4 is 34.1 Å². The van der Waals surface area contributed by atoms with Crippen LogP contribution >= 0.6 is 0 Å². The quantitative estimate of drug-likeness (QED) is 0.429. The number of Topliss-reactive ketones (excluding diaryl/α,β-unsaturated/α-hetero) is 1. The average Bonchev–Trinajstić information content (AvgIpc) is 3.27. The number of benzene rings is 2. The molecule has 1 fully saturated rings. The van der Waals surface area contributed by atoms with E-state index in [9.17, 15) is 4.79 Å². The van der Waals surface area contributed by atoms with Crippen LogP contribution < -0.4 is 15.0 Å². The monoisotopic (exact) mass is 482 g/mol. The molecule has 0 amide bonds. The fourth-order valence-electron chi connectivity index (χ4n) is 5.00. The summed E-state index contributed by atoms with van der Waals surface area (Å²) in [5.74, 6) is 1.28. The van der Waals surface area contributed by atoms with Crippen LogP contribution in [0.2, 0.25) is 0 Å². The Morgan fingerprint density at radius 3 is 2.72 bits per heavy atom. The first-order valence-corrected chi connectivity index (χ1v) is 12.4. The van der Waals surface area contributed by atoms with Crippen molar-refractivity contribution in [1.29, 1.82) is 0 Å². The highest BCUT2D eigenvalue weighted by Gasteiger charge is 2.32. The molecule has 36 heavy (non-hydrogen) atoms. The Kier molecular flexibility index (Phi) is 5.41. The van der Waals surface area contributed by atoms with Crippen molar-refractivity contribution in [2.75, 3.05) is 43.4 Å². The van der Waals surface area contributed by atoms with Gasteiger partial charge in [-0.1, -0.05) is 12.1 Å². The summed E-state index contributed by atoms with van der Waals surface area (Å²) in [6, 6.07) is 14.1. The molecule has 2 N–H and O–H groups in total. The first-order chi connectivity index (χ1) is 17.3. The van der Waals surface area contributed by atoms with Gasteiger partial charge in [-0.05, 0) is 56.8 Å². The van der Waals surface area contributed by atoms with Crippen molar-refractivity contribution in [3.05, 3.63) is 60.4 Å². The molecular weight excluding hydrogens is 452 g/mol. The minimum Gasteiger partial charge on any atom is -0.487 e. The van der Waals surface area contributed by atoms with Crippen molar-refractivity contribution in [2.24, 2.45) is 0 Å². The van der Waals surface area contributed by atoms with Gasteiger partial charge >= 0.3 is 0 Å². The zero-order valence-electron chi connectivity index (χ0n) is 20.8. The van der Waals surface area contributed by atoms with Crippen LogP contribution in [0.3, 0.4) is 0 Å². The lowest BCUT2D eigenvalue weighted by molar-refractivity contribution is 0.0620. The molecule has 8 heteroatoms. The second kappa shape index (κ2) is 8.64. The van der Waals surface area contributed by atoms with E-state index in [1.54, 1.807) is 0 Å². The van der Waals surface area contributed by atoms with Crippen LogP contribution in [0.15, 0.2) is 54.9 Å². The highest BCUT2D eigenvalue weighted by molar-refractivity contribution is 6.02. The Balaban J connectivity index is 1.25. The van der Waals surface area contributed by atoms with Crippen LogP contribution in [0.4, 0.5) is 17.3 Å². The summed E-state index contributed by atoms with van der Waals surface area (Å²) in [5, 5.41) is 4.26. The predicted octanol–water partition coefficient (Wildman–Crippen LogP) is 4.86. The van der Waals surface area contributed by atoms with Gasteiger partial charge in [0.05, 0.1) is 12.0 Å². The van der Waals surface area contributed by atoms with Crippen LogP contribution in [0.1, 0.15) is 30.6 Å². The Morgan fingerprint density at radius 2 is 1.89 bits per heavy atom. The smallest absolute Gasteiger partial charge is 0.229 e. The maximum Gasteiger partial charge on any atom is 0.229 e. The fraction of sp³-hybridized carbons (Fsp3) is 0.321. The maximum atomic E-state index is 12.5. The Labute approximate surface area is 210 Å². The number of ether oxygens (including phenoxy) is 1. The topological polar surface area (TPSA) is 86.4 Å². The molecule has 2 aliphatic rings. The van der Waals surface area contributed by atoms with Crippen molar-refractivity contribution < 1.29 is 9.53 Å². The molecular formula is C28H30N6O2. The molecule has 4 aromatic rings. The number of anilines is 3. The highest BCUT2D eigenvalue weighted by atomic mass is 16.5. The lowest BCUT2D eigenvalue weighted by atomic mass is 9.91. The van der Waals surface area contributed by atoms with Crippen molar-refractivity contribution in [1.82, 2.24) is 19.9 Å². The molecule has 0 saturated carbocycles. The standard InChI is InChI=1S/C28H30N6O2/c1-28(2)15-24(35)21-8-7-18(13-25(21)36-28)22-16-29-26-23(22)17-30-27(32-26)31-19-5-4-6-20(14-19)34-11-9-33(3)10-12-34/h4-8,13-14,16-17H,9-12,15H2,1-3H3,(H2,29,30,31,32). The molecule has 2 aromatic carbocycles. The molecule has 1 saturated heterocycles. The molecule has 6 rings (SSSR count). The zero-order chi connectivity index (χ0) is 24.9. The normalized spacial score (nSPS) is 17.6. The summed E-state index contributed by atoms with van der Waals surface area (Å²) < 4.78 is 6.11. The molecule has 0 radical (unpaired) electrons. The van der Waals surface area contributed by atoms with E-state index in [1.165, 1.54) is 5.69 Å². The number of H-pyrrole nitrogens is 1. The zero-order valence-corrected chi connectivity index (χ0v) is 20.8. The van der Waals surface area contributed by atoms with Crippen LogP contribution in [-0.4, -0.2) is 64.5 Å². The van der Waals surface area contributed by atoms with Crippen LogP contribution in [0.5, 0.6) is 5.75 Å². The number of piperazine rings is 1. The molecule has 2 aliphatic heterocycles. The number of carbonyl (C=O) groups excluding carboxylic acids is 1. The van der Waals surface area contributed by atoms with E-state index >= 15 is 0 Å². The second-order valence-corrected chi connectivity index (χ2v) is 10.3. The first-order valence-electron chi connectivity index (χ1n) is 12.4. The van der Waals surface area contributed by atoms with Gasteiger partial charge in [-0.2, -0.15) is 4.98 Å². The van der Waals surface area contributed by atoms with Crippen LogP contribution in [0.25, 0.3) is 22.2 Å². The summed E-state index contributed by atoms with van der Waals surface area (Å²) in [6.07, 6.45) is 4.14. The molecule has 4 heterocycles. The van der Waals surface area contributed by atoms with Gasteiger partial charge in [0.1, 0.15) is 17.0 Å². The Morgan fingerprint density at radius 1 is 1.06 bits per heavy atom. The number of nitrogens with zero attached hydrogens (tertiary/aromatic N) is 4. The number of carbonyl (C=O) groups is 1. The number of hydrogen-bond donors (Lipinski definition) is 2. The molecule has 0 spiro atoms. The van der Waals surface area contributed by atoms with E-state index in [4.69, 9.17) is 9.72 Å². The number of fused-ring (bicyclic) bond motifs is 2. The first kappa shape index (κ1) is 22.5. The number of ketones is 1. The number of likely N-dealkylation sites (N-methyl/N-ethyl adjacent to an activating group) is 1. The van der Waals surface area contributed by atoms with Gasteiger partial charge in [-0.15, -0.1) is 0 Å². The SMILES string of the molecule is CN1CCN(c2cccc(Nc3ncc4c(-c5ccc6c(c5)OC(C)(C)CC6=O)c[nH]c4n3)c2)CC1. The summed E-state index contributed by atoms with van der Waals surface area (Å²) in [5.41, 5.74) is 4.95. The number of aromatic amines is 1. The van der Waals surface area contributed by atoms with Crippen molar-refractivity contribution in [3.8, 4) is 16.9 Å². The van der Waals surface area contributed by atoms with E-state index < -0.39 is 5.60 Å². The maximum absolute atomic E-state index is 12.5. The third kappa shape index (κ3) is 4.28. The number of rotatable bonds is 4. The molecule has 0 unspecified atom stereocenters. The van der Waals surface area contributed by atoms with E-state index in [0.29, 0.717) is 23.7 Å². The molecule has 0 aliphatic carbocycles. The van der Waals surface area contributed by atoms with Gasteiger partial charge in [-0.3, -0.25) is 4.79 Å². The van der Waals surface area contributed by atoms with Gasteiger partial charge in [0, 0.05) is 60.9 Å². The van der Waals surface area contributed by atoms with Gasteiger partial charge in [-0.25, -0.2) is 4.98 Å². The Hall–Kier alpha value is -3.91. The van der Waals surface area contributed by atoms with Gasteiger partial charge in [0.25, 0.3) is 0 Å². The average molecular weight is 483 g/mol. The Bertz CT molecular complexity index is 1450.